The van der Waals surface area contributed by atoms with Crippen molar-refractivity contribution in [3.05, 3.63) is 78.4 Å². The Morgan fingerprint density at radius 1 is 0.800 bits per heavy atom. The quantitative estimate of drug-likeness (QED) is 0.529. The molecule has 0 unspecified atom stereocenters. The van der Waals surface area contributed by atoms with Crippen molar-refractivity contribution in [2.24, 2.45) is 0 Å². The van der Waals surface area contributed by atoms with E-state index in [1.165, 1.54) is 0 Å². The van der Waals surface area contributed by atoms with Crippen LogP contribution in [0, 0.1) is 0 Å². The van der Waals surface area contributed by atoms with E-state index in [1.807, 2.05) is 24.3 Å². The minimum atomic E-state index is -0.415. The van der Waals surface area contributed by atoms with Gasteiger partial charge in [0.1, 0.15) is 17.2 Å². The molecule has 0 aliphatic carbocycles. The number of esters is 1. The molecule has 126 valence electrons. The number of phenols is 1. The van der Waals surface area contributed by atoms with Gasteiger partial charge in [-0.25, -0.2) is 4.79 Å². The van der Waals surface area contributed by atoms with Crippen LogP contribution in [0.3, 0.4) is 0 Å². The summed E-state index contributed by atoms with van der Waals surface area (Å²) in [4.78, 5) is 14.2. The molecule has 3 aromatic carbocycles. The number of phenolic OH excluding ortho intramolecular Hbond substituents is 1. The number of methoxy groups -OCH3 is 1. The lowest BCUT2D eigenvalue weighted by atomic mass is 10.2. The second-order valence-corrected chi connectivity index (χ2v) is 6.33. The van der Waals surface area contributed by atoms with Crippen molar-refractivity contribution < 1.29 is 19.4 Å². The zero-order chi connectivity index (χ0) is 17.6. The second kappa shape index (κ2) is 7.77. The molecule has 3 aromatic rings. The highest BCUT2D eigenvalue weighted by atomic mass is 32.2. The van der Waals surface area contributed by atoms with E-state index in [0.717, 1.165) is 9.79 Å². The van der Waals surface area contributed by atoms with E-state index in [-0.39, 0.29) is 5.75 Å². The van der Waals surface area contributed by atoms with Crippen molar-refractivity contribution in [3.8, 4) is 17.2 Å². The molecule has 0 aliphatic heterocycles. The summed E-state index contributed by atoms with van der Waals surface area (Å²) in [5.41, 5.74) is 0.461. The lowest BCUT2D eigenvalue weighted by Crippen LogP contribution is -2.08. The summed E-state index contributed by atoms with van der Waals surface area (Å²) < 4.78 is 10.4. The first-order valence-electron chi connectivity index (χ1n) is 7.57. The highest BCUT2D eigenvalue weighted by molar-refractivity contribution is 7.99. The van der Waals surface area contributed by atoms with E-state index in [2.05, 4.69) is 0 Å². The molecule has 0 saturated carbocycles. The molecule has 0 spiro atoms. The van der Waals surface area contributed by atoms with E-state index in [9.17, 15) is 9.90 Å². The van der Waals surface area contributed by atoms with Gasteiger partial charge in [0, 0.05) is 9.79 Å². The molecule has 0 aromatic heterocycles. The Morgan fingerprint density at radius 2 is 1.32 bits per heavy atom. The number of hydrogen-bond acceptors (Lipinski definition) is 5. The summed E-state index contributed by atoms with van der Waals surface area (Å²) in [6.45, 7) is 0. The van der Waals surface area contributed by atoms with Crippen LogP contribution in [0.2, 0.25) is 0 Å². The summed E-state index contributed by atoms with van der Waals surface area (Å²) >= 11 is 1.56. The Balaban J connectivity index is 1.63. The number of hydrogen-bond donors (Lipinski definition) is 1. The fraction of sp³-hybridized carbons (Fsp3) is 0.0500. The van der Waals surface area contributed by atoms with Crippen LogP contribution in [0.4, 0.5) is 0 Å². The summed E-state index contributed by atoms with van der Waals surface area (Å²) in [6.07, 6.45) is 0. The van der Waals surface area contributed by atoms with Gasteiger partial charge in [-0.3, -0.25) is 0 Å². The first-order chi connectivity index (χ1) is 12.1. The normalized spacial score (nSPS) is 10.3. The molecule has 0 heterocycles. The molecule has 0 radical (unpaired) electrons. The summed E-state index contributed by atoms with van der Waals surface area (Å²) in [7, 11) is 1.57. The van der Waals surface area contributed by atoms with E-state index in [4.69, 9.17) is 9.47 Å². The van der Waals surface area contributed by atoms with Gasteiger partial charge in [-0.2, -0.15) is 0 Å². The third-order valence-corrected chi connectivity index (χ3v) is 4.45. The smallest absolute Gasteiger partial charge is 0.343 e. The second-order valence-electron chi connectivity index (χ2n) is 5.19. The van der Waals surface area contributed by atoms with Crippen LogP contribution in [0.15, 0.2) is 82.6 Å². The first-order valence-corrected chi connectivity index (χ1v) is 8.39. The van der Waals surface area contributed by atoms with Crippen LogP contribution >= 0.6 is 11.8 Å². The Hall–Kier alpha value is -2.92. The van der Waals surface area contributed by atoms with Crippen LogP contribution in [0.25, 0.3) is 0 Å². The topological polar surface area (TPSA) is 55.8 Å². The molecule has 0 fully saturated rings. The summed E-state index contributed by atoms with van der Waals surface area (Å²) in [5, 5.41) is 9.30. The van der Waals surface area contributed by atoms with Crippen LogP contribution < -0.4 is 9.47 Å². The van der Waals surface area contributed by atoms with Crippen molar-refractivity contribution in [2.45, 2.75) is 9.79 Å². The van der Waals surface area contributed by atoms with Gasteiger partial charge in [0.05, 0.1) is 12.7 Å². The molecule has 4 nitrogen and oxygen atoms in total. The third kappa shape index (κ3) is 4.55. The van der Waals surface area contributed by atoms with Gasteiger partial charge in [0.25, 0.3) is 0 Å². The molecule has 25 heavy (non-hydrogen) atoms. The minimum absolute atomic E-state index is 0.241. The Labute approximate surface area is 150 Å². The van der Waals surface area contributed by atoms with Gasteiger partial charge in [0.2, 0.25) is 0 Å². The van der Waals surface area contributed by atoms with Crippen LogP contribution in [0.1, 0.15) is 10.4 Å². The van der Waals surface area contributed by atoms with Crippen LogP contribution in [0.5, 0.6) is 17.2 Å². The van der Waals surface area contributed by atoms with Crippen molar-refractivity contribution in [2.75, 3.05) is 7.11 Å². The number of carbonyl (C=O) groups excluding carboxylic acids is 1. The molecule has 5 heteroatoms. The van der Waals surface area contributed by atoms with Gasteiger partial charge >= 0.3 is 5.97 Å². The highest BCUT2D eigenvalue weighted by Crippen LogP contribution is 2.30. The lowest BCUT2D eigenvalue weighted by Gasteiger charge is -2.07. The van der Waals surface area contributed by atoms with Gasteiger partial charge in [-0.1, -0.05) is 11.8 Å². The predicted molar refractivity (Wildman–Crippen MR) is 96.6 cm³/mol. The number of aromatic hydroxyl groups is 1. The fourth-order valence-electron chi connectivity index (χ4n) is 2.12. The van der Waals surface area contributed by atoms with Crippen LogP contribution in [-0.4, -0.2) is 18.2 Å². The Bertz CT molecular complexity index is 840. The summed E-state index contributed by atoms with van der Waals surface area (Å²) in [6, 6.07) is 21.0. The molecule has 0 saturated heterocycles. The SMILES string of the molecule is COc1ccc(C(=O)Oc2ccc(Sc3ccc(O)cc3)cc2)cc1. The van der Waals surface area contributed by atoms with Crippen molar-refractivity contribution in [1.82, 2.24) is 0 Å². The lowest BCUT2D eigenvalue weighted by molar-refractivity contribution is 0.0734. The maximum atomic E-state index is 12.1. The van der Waals surface area contributed by atoms with Crippen molar-refractivity contribution in [1.29, 1.82) is 0 Å². The average Bonchev–Trinajstić information content (AvgIpc) is 2.65. The van der Waals surface area contributed by atoms with E-state index in [1.54, 1.807) is 67.4 Å². The predicted octanol–water partition coefficient (Wildman–Crippen LogP) is 4.77. The Kier molecular flexibility index (Phi) is 5.26. The monoisotopic (exact) mass is 352 g/mol. The van der Waals surface area contributed by atoms with Crippen LogP contribution in [-0.2, 0) is 0 Å². The molecule has 1 N–H and O–H groups in total. The molecule has 0 atom stereocenters. The number of rotatable bonds is 5. The number of ether oxygens (including phenoxy) is 2. The molecular formula is C20H16O4S. The molecule has 0 aliphatic rings. The third-order valence-electron chi connectivity index (χ3n) is 3.43. The maximum absolute atomic E-state index is 12.1. The molecule has 3 rings (SSSR count). The minimum Gasteiger partial charge on any atom is -0.508 e. The maximum Gasteiger partial charge on any atom is 0.343 e. The summed E-state index contributed by atoms with van der Waals surface area (Å²) in [5.74, 6) is 0.995. The van der Waals surface area contributed by atoms with Gasteiger partial charge < -0.3 is 14.6 Å². The zero-order valence-electron chi connectivity index (χ0n) is 13.5. The van der Waals surface area contributed by atoms with Crippen molar-refractivity contribution in [3.63, 3.8) is 0 Å². The van der Waals surface area contributed by atoms with Gasteiger partial charge in [-0.05, 0) is 72.8 Å². The van der Waals surface area contributed by atoms with Gasteiger partial charge in [0.15, 0.2) is 0 Å². The van der Waals surface area contributed by atoms with E-state index < -0.39 is 5.97 Å². The standard InChI is InChI=1S/C20H16O4S/c1-23-16-6-2-14(3-7-16)20(22)24-17-8-12-19(13-9-17)25-18-10-4-15(21)5-11-18/h2-13,21H,1H3. The zero-order valence-corrected chi connectivity index (χ0v) is 14.3. The Morgan fingerprint density at radius 3 is 1.88 bits per heavy atom. The van der Waals surface area contributed by atoms with Crippen molar-refractivity contribution >= 4 is 17.7 Å². The average molecular weight is 352 g/mol. The number of carbonyl (C=O) groups is 1. The van der Waals surface area contributed by atoms with E-state index >= 15 is 0 Å². The molecular weight excluding hydrogens is 336 g/mol. The van der Waals surface area contributed by atoms with E-state index in [0.29, 0.717) is 17.1 Å². The highest BCUT2D eigenvalue weighted by Gasteiger charge is 2.09. The molecule has 0 bridgehead atoms. The molecule has 0 amide bonds. The van der Waals surface area contributed by atoms with Gasteiger partial charge in [-0.15, -0.1) is 0 Å². The fourth-order valence-corrected chi connectivity index (χ4v) is 2.94. The largest absolute Gasteiger partial charge is 0.508 e. The first kappa shape index (κ1) is 16.9. The number of benzene rings is 3.